The molecule has 9 heteroatoms. The molecule has 1 aliphatic heterocycles. The van der Waals surface area contributed by atoms with E-state index in [-0.39, 0.29) is 11.6 Å². The number of carboxylic acids is 1. The average molecular weight is 302 g/mol. The van der Waals surface area contributed by atoms with Crippen molar-refractivity contribution in [2.45, 2.75) is 4.90 Å². The van der Waals surface area contributed by atoms with Crippen LogP contribution < -0.4 is 10.0 Å². The number of nitrogens with one attached hydrogen (secondary N) is 2. The minimum atomic E-state index is -3.94. The Morgan fingerprint density at radius 1 is 1.47 bits per heavy atom. The van der Waals surface area contributed by atoms with Gasteiger partial charge in [-0.05, 0) is 18.2 Å². The highest BCUT2D eigenvalue weighted by Crippen LogP contribution is 2.33. The van der Waals surface area contributed by atoms with E-state index >= 15 is 0 Å². The zero-order valence-electron chi connectivity index (χ0n) is 9.54. The van der Waals surface area contributed by atoms with Gasteiger partial charge in [-0.3, -0.25) is 14.3 Å². The van der Waals surface area contributed by atoms with E-state index in [1.807, 2.05) is 0 Å². The molecule has 0 atom stereocenters. The second kappa shape index (κ2) is 5.10. The lowest BCUT2D eigenvalue weighted by atomic mass is 10.3. The van der Waals surface area contributed by atoms with E-state index in [0.29, 0.717) is 11.4 Å². The van der Waals surface area contributed by atoms with E-state index in [1.165, 1.54) is 23.9 Å². The molecule has 2 rings (SSSR count). The van der Waals surface area contributed by atoms with Gasteiger partial charge < -0.3 is 10.4 Å². The molecular formula is C10H10N2O5S2. The van der Waals surface area contributed by atoms with E-state index in [9.17, 15) is 18.0 Å². The highest BCUT2D eigenvalue weighted by molar-refractivity contribution is 8.00. The number of anilines is 2. The standard InChI is InChI=1S/C10H10N2O5S2/c13-9-4-18-8-2-1-6(3-7(8)11-9)12-19(16,17)5-10(14)15/h1-3,12H,4-5H2,(H,11,13)(H,14,15). The number of amides is 1. The van der Waals surface area contributed by atoms with Crippen LogP contribution in [0.25, 0.3) is 0 Å². The van der Waals surface area contributed by atoms with Crippen molar-refractivity contribution in [1.82, 2.24) is 0 Å². The molecule has 1 aromatic rings. The quantitative estimate of drug-likeness (QED) is 0.749. The first-order valence-corrected chi connectivity index (χ1v) is 7.78. The van der Waals surface area contributed by atoms with Gasteiger partial charge in [-0.25, -0.2) is 8.42 Å². The van der Waals surface area contributed by atoms with Gasteiger partial charge in [0.05, 0.1) is 17.1 Å². The summed E-state index contributed by atoms with van der Waals surface area (Å²) in [4.78, 5) is 22.5. The van der Waals surface area contributed by atoms with Gasteiger partial charge in [-0.1, -0.05) is 0 Å². The van der Waals surface area contributed by atoms with Gasteiger partial charge in [0.2, 0.25) is 15.9 Å². The third-order valence-corrected chi connectivity index (χ3v) is 4.45. The van der Waals surface area contributed by atoms with Crippen molar-refractivity contribution in [2.75, 3.05) is 21.5 Å². The van der Waals surface area contributed by atoms with Crippen molar-refractivity contribution in [3.05, 3.63) is 18.2 Å². The number of carbonyl (C=O) groups is 2. The van der Waals surface area contributed by atoms with Crippen LogP contribution in [0, 0.1) is 0 Å². The van der Waals surface area contributed by atoms with Gasteiger partial charge in [0.1, 0.15) is 0 Å². The molecule has 1 amide bonds. The molecule has 0 aromatic heterocycles. The van der Waals surface area contributed by atoms with E-state index in [0.717, 1.165) is 4.90 Å². The number of aliphatic carboxylic acids is 1. The number of hydrogen-bond donors (Lipinski definition) is 3. The fourth-order valence-corrected chi connectivity index (χ4v) is 3.20. The third-order valence-electron chi connectivity index (χ3n) is 2.20. The summed E-state index contributed by atoms with van der Waals surface area (Å²) in [5.74, 6) is -2.29. The molecular weight excluding hydrogens is 292 g/mol. The molecule has 0 bridgehead atoms. The van der Waals surface area contributed by atoms with E-state index < -0.39 is 21.7 Å². The van der Waals surface area contributed by atoms with Crippen molar-refractivity contribution in [2.24, 2.45) is 0 Å². The molecule has 3 N–H and O–H groups in total. The van der Waals surface area contributed by atoms with Crippen LogP contribution >= 0.6 is 11.8 Å². The minimum Gasteiger partial charge on any atom is -0.480 e. The number of sulfonamides is 1. The number of fused-ring (bicyclic) bond motifs is 1. The van der Waals surface area contributed by atoms with Gasteiger partial charge in [-0.15, -0.1) is 11.8 Å². The Labute approximate surface area is 113 Å². The predicted octanol–water partition coefficient (Wildman–Crippen LogP) is 0.557. The molecule has 1 heterocycles. The molecule has 7 nitrogen and oxygen atoms in total. The number of carbonyl (C=O) groups excluding carboxylic acids is 1. The van der Waals surface area contributed by atoms with Crippen LogP contribution in [0.3, 0.4) is 0 Å². The number of rotatable bonds is 4. The second-order valence-electron chi connectivity index (χ2n) is 3.80. The minimum absolute atomic E-state index is 0.164. The number of benzene rings is 1. The topological polar surface area (TPSA) is 113 Å². The Morgan fingerprint density at radius 2 is 2.21 bits per heavy atom. The highest BCUT2D eigenvalue weighted by atomic mass is 32.2. The number of hydrogen-bond acceptors (Lipinski definition) is 5. The second-order valence-corrected chi connectivity index (χ2v) is 6.54. The van der Waals surface area contributed by atoms with Gasteiger partial charge in [0.25, 0.3) is 0 Å². The summed E-state index contributed by atoms with van der Waals surface area (Å²) in [6, 6.07) is 4.64. The van der Waals surface area contributed by atoms with Gasteiger partial charge in [0, 0.05) is 4.90 Å². The van der Waals surface area contributed by atoms with Crippen LogP contribution in [-0.2, 0) is 19.6 Å². The maximum absolute atomic E-state index is 11.5. The van der Waals surface area contributed by atoms with Crippen LogP contribution in [0.1, 0.15) is 0 Å². The zero-order chi connectivity index (χ0) is 14.0. The van der Waals surface area contributed by atoms with Crippen molar-refractivity contribution in [1.29, 1.82) is 0 Å². The SMILES string of the molecule is O=C(O)CS(=O)(=O)Nc1ccc2c(c1)NC(=O)CS2. The molecule has 0 aliphatic carbocycles. The highest BCUT2D eigenvalue weighted by Gasteiger charge is 2.18. The zero-order valence-corrected chi connectivity index (χ0v) is 11.2. The molecule has 1 aromatic carbocycles. The van der Waals surface area contributed by atoms with E-state index in [4.69, 9.17) is 5.11 Å². The maximum atomic E-state index is 11.5. The van der Waals surface area contributed by atoms with Crippen molar-refractivity contribution in [3.8, 4) is 0 Å². The summed E-state index contributed by atoms with van der Waals surface area (Å²) in [5.41, 5.74) is 0.722. The predicted molar refractivity (Wildman–Crippen MR) is 70.8 cm³/mol. The van der Waals surface area contributed by atoms with Crippen LogP contribution in [-0.4, -0.2) is 36.9 Å². The number of carboxylic acid groups (broad SMARTS) is 1. The first-order valence-electron chi connectivity index (χ1n) is 5.15. The molecule has 0 fully saturated rings. The normalized spacial score (nSPS) is 14.4. The van der Waals surface area contributed by atoms with E-state index in [1.54, 1.807) is 6.07 Å². The smallest absolute Gasteiger partial charge is 0.320 e. The molecule has 0 spiro atoms. The lowest BCUT2D eigenvalue weighted by Crippen LogP contribution is -2.23. The first-order chi connectivity index (χ1) is 8.85. The summed E-state index contributed by atoms with van der Waals surface area (Å²) >= 11 is 1.35. The molecule has 0 radical (unpaired) electrons. The van der Waals surface area contributed by atoms with Gasteiger partial charge in [0.15, 0.2) is 5.75 Å². The summed E-state index contributed by atoms with van der Waals surface area (Å²) < 4.78 is 25.1. The van der Waals surface area contributed by atoms with Gasteiger partial charge in [-0.2, -0.15) is 0 Å². The third kappa shape index (κ3) is 3.61. The molecule has 0 saturated heterocycles. The summed E-state index contributed by atoms with van der Waals surface area (Å²) in [5, 5.41) is 11.1. The van der Waals surface area contributed by atoms with E-state index in [2.05, 4.69) is 10.0 Å². The first kappa shape index (κ1) is 13.7. The van der Waals surface area contributed by atoms with Crippen molar-refractivity contribution >= 4 is 45.0 Å². The maximum Gasteiger partial charge on any atom is 0.320 e. The molecule has 1 aliphatic rings. The fourth-order valence-electron chi connectivity index (χ4n) is 1.52. The largest absolute Gasteiger partial charge is 0.480 e. The number of thioether (sulfide) groups is 1. The van der Waals surface area contributed by atoms with Crippen LogP contribution in [0.4, 0.5) is 11.4 Å². The lowest BCUT2D eigenvalue weighted by Gasteiger charge is -2.17. The Balaban J connectivity index is 2.21. The molecule has 19 heavy (non-hydrogen) atoms. The van der Waals surface area contributed by atoms with Crippen LogP contribution in [0.5, 0.6) is 0 Å². The van der Waals surface area contributed by atoms with Crippen molar-refractivity contribution < 1.29 is 23.1 Å². The van der Waals surface area contributed by atoms with Crippen LogP contribution in [0.2, 0.25) is 0 Å². The summed E-state index contributed by atoms with van der Waals surface area (Å²) in [6.45, 7) is 0. The molecule has 102 valence electrons. The monoisotopic (exact) mass is 302 g/mol. The van der Waals surface area contributed by atoms with Crippen molar-refractivity contribution in [3.63, 3.8) is 0 Å². The Bertz CT molecular complexity index is 641. The van der Waals surface area contributed by atoms with Gasteiger partial charge >= 0.3 is 5.97 Å². The Kier molecular flexibility index (Phi) is 3.67. The fraction of sp³-hybridized carbons (Fsp3) is 0.200. The lowest BCUT2D eigenvalue weighted by molar-refractivity contribution is -0.134. The molecule has 0 unspecified atom stereocenters. The van der Waals surface area contributed by atoms with Crippen LogP contribution in [0.15, 0.2) is 23.1 Å². The average Bonchev–Trinajstić information content (AvgIpc) is 2.25. The Hall–Kier alpha value is -1.74. The Morgan fingerprint density at radius 3 is 2.89 bits per heavy atom. The summed E-state index contributed by atoms with van der Waals surface area (Å²) in [6.07, 6.45) is 0. The summed E-state index contributed by atoms with van der Waals surface area (Å²) in [7, 11) is -3.94. The molecule has 0 saturated carbocycles.